The molecule has 128 valence electrons. The number of hydrogen-bond donors (Lipinski definition) is 1. The molecular formula is C19H15Cl2NO3. The Hall–Kier alpha value is -2.43. The third-order valence-corrected chi connectivity index (χ3v) is 4.27. The lowest BCUT2D eigenvalue weighted by Crippen LogP contribution is -2.11. The Labute approximate surface area is 155 Å². The average Bonchev–Trinajstić information content (AvgIpc) is 3.08. The third kappa shape index (κ3) is 3.81. The van der Waals surface area contributed by atoms with E-state index in [1.165, 1.54) is 0 Å². The molecule has 3 aromatic rings. The van der Waals surface area contributed by atoms with Crippen molar-refractivity contribution in [2.24, 2.45) is 0 Å². The van der Waals surface area contributed by atoms with Crippen LogP contribution in [0.1, 0.15) is 16.1 Å². The second-order valence-corrected chi connectivity index (χ2v) is 6.27. The highest BCUT2D eigenvalue weighted by molar-refractivity contribution is 6.35. The van der Waals surface area contributed by atoms with E-state index in [0.717, 1.165) is 11.3 Å². The van der Waals surface area contributed by atoms with Crippen molar-refractivity contribution in [2.45, 2.75) is 6.92 Å². The molecule has 1 amide bonds. The summed E-state index contributed by atoms with van der Waals surface area (Å²) < 4.78 is 10.8. The molecule has 3 rings (SSSR count). The van der Waals surface area contributed by atoms with Gasteiger partial charge in [-0.1, -0.05) is 23.2 Å². The fourth-order valence-electron chi connectivity index (χ4n) is 2.38. The van der Waals surface area contributed by atoms with Crippen LogP contribution in [-0.4, -0.2) is 13.0 Å². The normalized spacial score (nSPS) is 10.6. The minimum atomic E-state index is -0.349. The maximum absolute atomic E-state index is 12.4. The van der Waals surface area contributed by atoms with Gasteiger partial charge in [-0.3, -0.25) is 4.79 Å². The van der Waals surface area contributed by atoms with E-state index in [0.29, 0.717) is 27.1 Å². The van der Waals surface area contributed by atoms with Crippen LogP contribution in [0.2, 0.25) is 10.0 Å². The minimum absolute atomic E-state index is 0.182. The number of aryl methyl sites for hydroxylation is 1. The summed E-state index contributed by atoms with van der Waals surface area (Å²) in [6.45, 7) is 1.89. The molecule has 6 heteroatoms. The second kappa shape index (κ2) is 7.21. The molecule has 0 saturated carbocycles. The SMILES string of the molecule is COc1ccc(NC(=O)c2ccc(-c3cc(Cl)ccc3Cl)o2)c(C)c1. The first-order chi connectivity index (χ1) is 12.0. The molecule has 0 atom stereocenters. The molecule has 2 aromatic carbocycles. The van der Waals surface area contributed by atoms with E-state index in [4.69, 9.17) is 32.4 Å². The van der Waals surface area contributed by atoms with Crippen LogP contribution in [0.15, 0.2) is 52.9 Å². The summed E-state index contributed by atoms with van der Waals surface area (Å²) >= 11 is 12.2. The van der Waals surface area contributed by atoms with Crippen molar-refractivity contribution in [3.05, 3.63) is 69.9 Å². The fraction of sp³-hybridized carbons (Fsp3) is 0.105. The highest BCUT2D eigenvalue weighted by Crippen LogP contribution is 2.32. The van der Waals surface area contributed by atoms with Gasteiger partial charge in [0, 0.05) is 16.3 Å². The molecule has 0 spiro atoms. The van der Waals surface area contributed by atoms with Crippen molar-refractivity contribution < 1.29 is 13.9 Å². The lowest BCUT2D eigenvalue weighted by atomic mass is 10.2. The summed E-state index contributed by atoms with van der Waals surface area (Å²) in [4.78, 5) is 12.4. The van der Waals surface area contributed by atoms with Gasteiger partial charge in [-0.15, -0.1) is 0 Å². The van der Waals surface area contributed by atoms with Gasteiger partial charge in [0.1, 0.15) is 11.5 Å². The smallest absolute Gasteiger partial charge is 0.291 e. The number of nitrogens with one attached hydrogen (secondary N) is 1. The van der Waals surface area contributed by atoms with Crippen molar-refractivity contribution >= 4 is 34.8 Å². The number of furan rings is 1. The van der Waals surface area contributed by atoms with Crippen molar-refractivity contribution in [1.82, 2.24) is 0 Å². The summed E-state index contributed by atoms with van der Waals surface area (Å²) in [5.41, 5.74) is 2.20. The zero-order chi connectivity index (χ0) is 18.0. The maximum atomic E-state index is 12.4. The highest BCUT2D eigenvalue weighted by atomic mass is 35.5. The first-order valence-corrected chi connectivity index (χ1v) is 8.25. The fourth-order valence-corrected chi connectivity index (χ4v) is 2.76. The molecule has 0 radical (unpaired) electrons. The Morgan fingerprint density at radius 2 is 1.88 bits per heavy atom. The monoisotopic (exact) mass is 375 g/mol. The summed E-state index contributed by atoms with van der Waals surface area (Å²) in [5, 5.41) is 3.86. The number of ether oxygens (including phenoxy) is 1. The van der Waals surface area contributed by atoms with Gasteiger partial charge in [0.15, 0.2) is 5.76 Å². The molecule has 1 aromatic heterocycles. The van der Waals surface area contributed by atoms with Gasteiger partial charge in [0.25, 0.3) is 5.91 Å². The Kier molecular flexibility index (Phi) is 5.02. The Bertz CT molecular complexity index is 934. The van der Waals surface area contributed by atoms with Crippen molar-refractivity contribution in [1.29, 1.82) is 0 Å². The number of carbonyl (C=O) groups is 1. The van der Waals surface area contributed by atoms with Crippen LogP contribution >= 0.6 is 23.2 Å². The molecule has 0 bridgehead atoms. The van der Waals surface area contributed by atoms with E-state index in [1.54, 1.807) is 49.6 Å². The first-order valence-electron chi connectivity index (χ1n) is 7.49. The molecular weight excluding hydrogens is 361 g/mol. The van der Waals surface area contributed by atoms with E-state index in [-0.39, 0.29) is 11.7 Å². The molecule has 1 N–H and O–H groups in total. The Morgan fingerprint density at radius 3 is 2.60 bits per heavy atom. The van der Waals surface area contributed by atoms with Crippen LogP contribution in [0.5, 0.6) is 5.75 Å². The lowest BCUT2D eigenvalue weighted by molar-refractivity contribution is 0.0997. The number of hydrogen-bond acceptors (Lipinski definition) is 3. The number of carbonyl (C=O) groups excluding carboxylic acids is 1. The summed E-state index contributed by atoms with van der Waals surface area (Å²) in [5.74, 6) is 1.04. The molecule has 1 heterocycles. The average molecular weight is 376 g/mol. The molecule has 25 heavy (non-hydrogen) atoms. The van der Waals surface area contributed by atoms with Crippen LogP contribution in [-0.2, 0) is 0 Å². The van der Waals surface area contributed by atoms with Gasteiger partial charge in [0.05, 0.1) is 12.1 Å². The summed E-state index contributed by atoms with van der Waals surface area (Å²) in [6, 6.07) is 13.8. The van der Waals surface area contributed by atoms with Crippen LogP contribution in [0.3, 0.4) is 0 Å². The minimum Gasteiger partial charge on any atom is -0.497 e. The van der Waals surface area contributed by atoms with Crippen LogP contribution in [0, 0.1) is 6.92 Å². The van der Waals surface area contributed by atoms with Crippen LogP contribution < -0.4 is 10.1 Å². The van der Waals surface area contributed by atoms with Gasteiger partial charge in [0.2, 0.25) is 0 Å². The topological polar surface area (TPSA) is 51.5 Å². The molecule has 0 saturated heterocycles. The summed E-state index contributed by atoms with van der Waals surface area (Å²) in [7, 11) is 1.60. The second-order valence-electron chi connectivity index (χ2n) is 5.42. The van der Waals surface area contributed by atoms with Gasteiger partial charge in [-0.2, -0.15) is 0 Å². The standard InChI is InChI=1S/C19H15Cl2NO3/c1-11-9-13(24-2)4-6-16(11)22-19(23)18-8-7-17(25-18)14-10-12(20)3-5-15(14)21/h3-10H,1-2H3,(H,22,23). The van der Waals surface area contributed by atoms with Gasteiger partial charge in [-0.25, -0.2) is 0 Å². The predicted octanol–water partition coefficient (Wildman–Crippen LogP) is 5.82. The number of methoxy groups -OCH3 is 1. The quantitative estimate of drug-likeness (QED) is 0.624. The molecule has 0 unspecified atom stereocenters. The predicted molar refractivity (Wildman–Crippen MR) is 99.8 cm³/mol. The highest BCUT2D eigenvalue weighted by Gasteiger charge is 2.15. The lowest BCUT2D eigenvalue weighted by Gasteiger charge is -2.09. The number of anilines is 1. The Balaban J connectivity index is 1.82. The largest absolute Gasteiger partial charge is 0.497 e. The van der Waals surface area contributed by atoms with Gasteiger partial charge >= 0.3 is 0 Å². The zero-order valence-corrected chi connectivity index (χ0v) is 15.1. The molecule has 0 fully saturated rings. The number of benzene rings is 2. The van der Waals surface area contributed by atoms with E-state index >= 15 is 0 Å². The van der Waals surface area contributed by atoms with Gasteiger partial charge < -0.3 is 14.5 Å². The van der Waals surface area contributed by atoms with Crippen molar-refractivity contribution in [2.75, 3.05) is 12.4 Å². The maximum Gasteiger partial charge on any atom is 0.291 e. The molecule has 0 aliphatic heterocycles. The number of amides is 1. The van der Waals surface area contributed by atoms with Crippen molar-refractivity contribution in [3.8, 4) is 17.1 Å². The molecule has 0 aliphatic carbocycles. The third-order valence-electron chi connectivity index (χ3n) is 3.71. The van der Waals surface area contributed by atoms with Crippen molar-refractivity contribution in [3.63, 3.8) is 0 Å². The Morgan fingerprint density at radius 1 is 1.08 bits per heavy atom. The molecule has 4 nitrogen and oxygen atoms in total. The van der Waals surface area contributed by atoms with E-state index in [1.807, 2.05) is 13.0 Å². The van der Waals surface area contributed by atoms with Gasteiger partial charge in [-0.05, 0) is 61.0 Å². The number of rotatable bonds is 4. The molecule has 0 aliphatic rings. The van der Waals surface area contributed by atoms with Crippen LogP contribution in [0.25, 0.3) is 11.3 Å². The van der Waals surface area contributed by atoms with E-state index in [2.05, 4.69) is 5.32 Å². The summed E-state index contributed by atoms with van der Waals surface area (Å²) in [6.07, 6.45) is 0. The van der Waals surface area contributed by atoms with E-state index < -0.39 is 0 Å². The first kappa shape index (κ1) is 17.4. The van der Waals surface area contributed by atoms with Crippen LogP contribution in [0.4, 0.5) is 5.69 Å². The number of halogens is 2. The zero-order valence-electron chi connectivity index (χ0n) is 13.6. The van der Waals surface area contributed by atoms with E-state index in [9.17, 15) is 4.79 Å².